The summed E-state index contributed by atoms with van der Waals surface area (Å²) in [5.41, 5.74) is 2.22. The van der Waals surface area contributed by atoms with Crippen LogP contribution in [0.5, 0.6) is 0 Å². The highest BCUT2D eigenvalue weighted by molar-refractivity contribution is 7.89. The molecule has 27 heavy (non-hydrogen) atoms. The molecule has 0 saturated heterocycles. The van der Waals surface area contributed by atoms with Crippen LogP contribution in [0.25, 0.3) is 0 Å². The van der Waals surface area contributed by atoms with E-state index in [1.54, 1.807) is 13.0 Å². The number of ether oxygens (including phenoxy) is 1. The van der Waals surface area contributed by atoms with Gasteiger partial charge in [-0.15, -0.1) is 0 Å². The first-order chi connectivity index (χ1) is 12.7. The predicted octanol–water partition coefficient (Wildman–Crippen LogP) is 2.53. The van der Waals surface area contributed by atoms with Gasteiger partial charge < -0.3 is 4.74 Å². The van der Waals surface area contributed by atoms with E-state index in [4.69, 9.17) is 9.57 Å². The first kappa shape index (κ1) is 20.8. The van der Waals surface area contributed by atoms with Crippen molar-refractivity contribution >= 4 is 21.8 Å². The van der Waals surface area contributed by atoms with Crippen molar-refractivity contribution in [2.75, 3.05) is 20.8 Å². The minimum absolute atomic E-state index is 0.0225. The number of hydroxylamine groups is 1. The molecule has 7 nitrogen and oxygen atoms in total. The van der Waals surface area contributed by atoms with Crippen LogP contribution in [0.1, 0.15) is 31.8 Å². The minimum Gasteiger partial charge on any atom is -0.454 e. The van der Waals surface area contributed by atoms with E-state index in [-0.39, 0.29) is 16.2 Å². The fourth-order valence-electron chi connectivity index (χ4n) is 2.36. The van der Waals surface area contributed by atoms with Gasteiger partial charge in [-0.25, -0.2) is 13.2 Å². The number of sulfonamides is 1. The molecule has 2 rings (SSSR count). The van der Waals surface area contributed by atoms with Gasteiger partial charge in [0.2, 0.25) is 5.78 Å². The van der Waals surface area contributed by atoms with Gasteiger partial charge in [0.25, 0.3) is 10.0 Å². The molecular weight excluding hydrogens is 370 g/mol. The summed E-state index contributed by atoms with van der Waals surface area (Å²) in [5.74, 6) is -1.11. The fraction of sp³-hybridized carbons (Fsp3) is 0.263. The van der Waals surface area contributed by atoms with Crippen LogP contribution in [-0.4, -0.2) is 45.4 Å². The van der Waals surface area contributed by atoms with E-state index in [0.717, 1.165) is 11.1 Å². The van der Waals surface area contributed by atoms with Crippen LogP contribution in [0.4, 0.5) is 0 Å². The number of benzene rings is 2. The predicted molar refractivity (Wildman–Crippen MR) is 98.9 cm³/mol. The van der Waals surface area contributed by atoms with Gasteiger partial charge in [0.05, 0.1) is 17.6 Å². The Morgan fingerprint density at radius 1 is 1.07 bits per heavy atom. The van der Waals surface area contributed by atoms with E-state index >= 15 is 0 Å². The number of Topliss-reactive ketones (excluding diaryl/α,β-unsaturated/α-hetero) is 1. The molecule has 0 radical (unpaired) electrons. The second-order valence-electron chi connectivity index (χ2n) is 5.94. The van der Waals surface area contributed by atoms with Crippen molar-refractivity contribution in [2.45, 2.75) is 18.7 Å². The van der Waals surface area contributed by atoms with Crippen LogP contribution < -0.4 is 0 Å². The summed E-state index contributed by atoms with van der Waals surface area (Å²) in [4.78, 5) is 29.1. The lowest BCUT2D eigenvalue weighted by Gasteiger charge is -2.14. The molecule has 8 heteroatoms. The van der Waals surface area contributed by atoms with E-state index in [1.807, 2.05) is 19.1 Å². The summed E-state index contributed by atoms with van der Waals surface area (Å²) in [6.45, 7) is 3.23. The standard InChI is InChI=1S/C19H21NO6S/c1-13-8-9-14(2)17(10-13)18(21)12-26-19(22)15-6-5-7-16(11-15)27(23,24)20(3)25-4/h5-11H,12H2,1-4H3. The van der Waals surface area contributed by atoms with Gasteiger partial charge in [0, 0.05) is 12.6 Å². The minimum atomic E-state index is -3.89. The largest absolute Gasteiger partial charge is 0.454 e. The van der Waals surface area contributed by atoms with Gasteiger partial charge in [-0.05, 0) is 43.7 Å². The molecular formula is C19H21NO6S. The summed E-state index contributed by atoms with van der Waals surface area (Å²) in [6, 6.07) is 10.8. The average Bonchev–Trinajstić information content (AvgIpc) is 2.66. The fourth-order valence-corrected chi connectivity index (χ4v) is 3.38. The second kappa shape index (κ2) is 8.43. The molecule has 0 spiro atoms. The van der Waals surface area contributed by atoms with Crippen LogP contribution in [-0.2, 0) is 19.6 Å². The van der Waals surface area contributed by atoms with Crippen LogP contribution in [0.2, 0.25) is 0 Å². The highest BCUT2D eigenvalue weighted by atomic mass is 32.2. The number of hydrogen-bond donors (Lipinski definition) is 0. The molecule has 0 unspecified atom stereocenters. The molecule has 0 aromatic heterocycles. The zero-order chi connectivity index (χ0) is 20.2. The number of hydrogen-bond acceptors (Lipinski definition) is 6. The SMILES string of the molecule is CON(C)S(=O)(=O)c1cccc(C(=O)OCC(=O)c2cc(C)ccc2C)c1. The van der Waals surface area contributed by atoms with Crippen molar-refractivity contribution in [1.82, 2.24) is 4.47 Å². The monoisotopic (exact) mass is 391 g/mol. The van der Waals surface area contributed by atoms with Gasteiger partial charge in [-0.3, -0.25) is 9.63 Å². The van der Waals surface area contributed by atoms with Crippen molar-refractivity contribution in [2.24, 2.45) is 0 Å². The number of carbonyl (C=O) groups excluding carboxylic acids is 2. The van der Waals surface area contributed by atoms with Crippen molar-refractivity contribution in [1.29, 1.82) is 0 Å². The van der Waals surface area contributed by atoms with Crippen molar-refractivity contribution < 1.29 is 27.6 Å². The Bertz CT molecular complexity index is 968. The van der Waals surface area contributed by atoms with Gasteiger partial charge in [0.15, 0.2) is 6.61 Å². The van der Waals surface area contributed by atoms with Crippen LogP contribution in [0.3, 0.4) is 0 Å². The number of carbonyl (C=O) groups is 2. The molecule has 0 aliphatic rings. The van der Waals surface area contributed by atoms with Gasteiger partial charge >= 0.3 is 5.97 Å². The summed E-state index contributed by atoms with van der Waals surface area (Å²) >= 11 is 0. The zero-order valence-electron chi connectivity index (χ0n) is 15.6. The lowest BCUT2D eigenvalue weighted by atomic mass is 10.0. The van der Waals surface area contributed by atoms with Crippen molar-refractivity contribution in [3.8, 4) is 0 Å². The van der Waals surface area contributed by atoms with Gasteiger partial charge in [-0.2, -0.15) is 0 Å². The first-order valence-electron chi connectivity index (χ1n) is 8.07. The normalized spacial score (nSPS) is 11.4. The first-order valence-corrected chi connectivity index (χ1v) is 9.51. The highest BCUT2D eigenvalue weighted by Gasteiger charge is 2.22. The Hall–Kier alpha value is -2.55. The maximum atomic E-state index is 12.3. The number of nitrogens with zero attached hydrogens (tertiary/aromatic N) is 1. The van der Waals surface area contributed by atoms with E-state index in [2.05, 4.69) is 0 Å². The average molecular weight is 391 g/mol. The molecule has 0 atom stereocenters. The molecule has 0 fully saturated rings. The van der Waals surface area contributed by atoms with Crippen LogP contribution in [0, 0.1) is 13.8 Å². The molecule has 0 saturated carbocycles. The molecule has 0 aliphatic carbocycles. The summed E-state index contributed by atoms with van der Waals surface area (Å²) in [6.07, 6.45) is 0. The molecule has 2 aromatic carbocycles. The second-order valence-corrected chi connectivity index (χ2v) is 7.88. The third-order valence-electron chi connectivity index (χ3n) is 3.99. The summed E-state index contributed by atoms with van der Waals surface area (Å²) < 4.78 is 30.3. The third-order valence-corrected chi connectivity index (χ3v) is 5.67. The lowest BCUT2D eigenvalue weighted by Crippen LogP contribution is -2.26. The molecule has 0 aliphatic heterocycles. The quantitative estimate of drug-likeness (QED) is 0.409. The smallest absolute Gasteiger partial charge is 0.338 e. The van der Waals surface area contributed by atoms with Crippen LogP contribution in [0.15, 0.2) is 47.4 Å². The van der Waals surface area contributed by atoms with Crippen LogP contribution >= 0.6 is 0 Å². The van der Waals surface area contributed by atoms with Gasteiger partial charge in [0.1, 0.15) is 0 Å². The van der Waals surface area contributed by atoms with E-state index in [9.17, 15) is 18.0 Å². The molecule has 144 valence electrons. The number of aryl methyl sites for hydroxylation is 2. The van der Waals surface area contributed by atoms with Crippen molar-refractivity contribution in [3.05, 3.63) is 64.7 Å². The summed E-state index contributed by atoms with van der Waals surface area (Å²) in [5, 5.41) is 0. The topological polar surface area (TPSA) is 90.0 Å². The third kappa shape index (κ3) is 4.79. The molecule has 2 aromatic rings. The maximum Gasteiger partial charge on any atom is 0.338 e. The van der Waals surface area contributed by atoms with E-state index < -0.39 is 22.6 Å². The Kier molecular flexibility index (Phi) is 6.48. The number of ketones is 1. The Morgan fingerprint density at radius 3 is 2.44 bits per heavy atom. The molecule has 0 amide bonds. The van der Waals surface area contributed by atoms with E-state index in [1.165, 1.54) is 38.4 Å². The number of esters is 1. The Morgan fingerprint density at radius 2 is 1.78 bits per heavy atom. The Labute approximate surface area is 158 Å². The Balaban J connectivity index is 2.14. The van der Waals surface area contributed by atoms with E-state index in [0.29, 0.717) is 10.0 Å². The summed E-state index contributed by atoms with van der Waals surface area (Å²) in [7, 11) is -1.44. The zero-order valence-corrected chi connectivity index (χ0v) is 16.4. The van der Waals surface area contributed by atoms with Gasteiger partial charge in [-0.1, -0.05) is 28.2 Å². The van der Waals surface area contributed by atoms with Crippen molar-refractivity contribution in [3.63, 3.8) is 0 Å². The lowest BCUT2D eigenvalue weighted by molar-refractivity contribution is -0.0258. The molecule has 0 N–H and O–H groups in total. The highest BCUT2D eigenvalue weighted by Crippen LogP contribution is 2.17. The molecule has 0 heterocycles. The maximum absolute atomic E-state index is 12.3. The molecule has 0 bridgehead atoms. The number of rotatable bonds is 7.